The highest BCUT2D eigenvalue weighted by Crippen LogP contribution is 2.36. The average molecular weight is 366 g/mol. The highest BCUT2D eigenvalue weighted by Gasteiger charge is 2.26. The fourth-order valence-corrected chi connectivity index (χ4v) is 4.51. The van der Waals surface area contributed by atoms with Crippen LogP contribution in [0.25, 0.3) is 0 Å². The largest absolute Gasteiger partial charge is 0.361 e. The summed E-state index contributed by atoms with van der Waals surface area (Å²) in [6.07, 6.45) is 7.18. The van der Waals surface area contributed by atoms with Gasteiger partial charge in [-0.3, -0.25) is 4.79 Å². The second-order valence-electron chi connectivity index (χ2n) is 7.86. The Kier molecular flexibility index (Phi) is 9.78. The Morgan fingerprint density at radius 3 is 2.20 bits per heavy atom. The number of rotatable bonds is 6. The van der Waals surface area contributed by atoms with Crippen LogP contribution in [0.3, 0.4) is 0 Å². The number of anilines is 1. The molecule has 2 nitrogen and oxygen atoms in total. The molecule has 0 N–H and O–H groups in total. The van der Waals surface area contributed by atoms with E-state index in [2.05, 4.69) is 51.8 Å². The third kappa shape index (κ3) is 6.44. The molecule has 0 unspecified atom stereocenters. The summed E-state index contributed by atoms with van der Waals surface area (Å²) in [5.41, 5.74) is 2.14. The van der Waals surface area contributed by atoms with Crippen LogP contribution in [0.4, 0.5) is 5.00 Å². The van der Waals surface area contributed by atoms with Crippen molar-refractivity contribution in [2.45, 2.75) is 93.0 Å². The van der Waals surface area contributed by atoms with E-state index < -0.39 is 0 Å². The van der Waals surface area contributed by atoms with Crippen molar-refractivity contribution in [3.63, 3.8) is 0 Å². The van der Waals surface area contributed by atoms with Crippen molar-refractivity contribution in [2.24, 2.45) is 11.8 Å². The molecule has 0 bridgehead atoms. The summed E-state index contributed by atoms with van der Waals surface area (Å²) < 4.78 is 0. The number of nitrogens with zero attached hydrogens (tertiary/aromatic N) is 1. The number of carbonyl (C=O) groups excluding carboxylic acids is 1. The van der Waals surface area contributed by atoms with Crippen molar-refractivity contribution in [1.82, 2.24) is 0 Å². The van der Waals surface area contributed by atoms with E-state index in [1.54, 1.807) is 11.3 Å². The standard InChI is InChI=1S/C17H27NOS.C5H12/c1-5-16(19)15-11-20-17(13(15)4)18(6-2)14-9-7-12(3)8-10-14;1-4-5(2)3/h11-12,14H,5-10H2,1-4H3;5H,4H2,1-3H3. The van der Waals surface area contributed by atoms with Crippen molar-refractivity contribution < 1.29 is 4.79 Å². The first kappa shape index (κ1) is 22.2. The summed E-state index contributed by atoms with van der Waals surface area (Å²) in [5.74, 6) is 2.04. The predicted molar refractivity (Wildman–Crippen MR) is 113 cm³/mol. The van der Waals surface area contributed by atoms with E-state index in [0.717, 1.165) is 23.9 Å². The van der Waals surface area contributed by atoms with Crippen LogP contribution in [0.1, 0.15) is 96.0 Å². The van der Waals surface area contributed by atoms with Crippen molar-refractivity contribution in [3.8, 4) is 0 Å². The second kappa shape index (κ2) is 11.0. The maximum absolute atomic E-state index is 12.0. The Balaban J connectivity index is 0.000000550. The Hall–Kier alpha value is -0.830. The molecule has 0 amide bonds. The van der Waals surface area contributed by atoms with Crippen LogP contribution >= 0.6 is 11.3 Å². The summed E-state index contributed by atoms with van der Waals surface area (Å²) in [6.45, 7) is 16.3. The summed E-state index contributed by atoms with van der Waals surface area (Å²) in [6, 6.07) is 0.665. The van der Waals surface area contributed by atoms with Crippen LogP contribution in [-0.2, 0) is 0 Å². The van der Waals surface area contributed by atoms with Crippen LogP contribution < -0.4 is 4.90 Å². The predicted octanol–water partition coefficient (Wildman–Crippen LogP) is 7.11. The van der Waals surface area contributed by atoms with E-state index >= 15 is 0 Å². The lowest BCUT2D eigenvalue weighted by Gasteiger charge is -2.36. The molecular formula is C22H39NOS. The van der Waals surface area contributed by atoms with Gasteiger partial charge in [-0.05, 0) is 56.9 Å². The molecule has 0 aliphatic heterocycles. The zero-order valence-electron chi connectivity index (χ0n) is 17.5. The van der Waals surface area contributed by atoms with Crippen LogP contribution in [0.5, 0.6) is 0 Å². The summed E-state index contributed by atoms with van der Waals surface area (Å²) in [5, 5.41) is 3.38. The number of hydrogen-bond donors (Lipinski definition) is 0. The van der Waals surface area contributed by atoms with Crippen molar-refractivity contribution in [1.29, 1.82) is 0 Å². The van der Waals surface area contributed by atoms with Crippen molar-refractivity contribution >= 4 is 22.1 Å². The SMILES string of the molecule is CCC(=O)c1csc(N(CC)C2CCC(C)CC2)c1C.CCC(C)C. The molecule has 1 aliphatic carbocycles. The second-order valence-corrected chi connectivity index (χ2v) is 8.72. The molecule has 0 spiro atoms. The fraction of sp³-hybridized carbons (Fsp3) is 0.773. The molecule has 144 valence electrons. The van der Waals surface area contributed by atoms with Crippen LogP contribution in [0, 0.1) is 18.8 Å². The fourth-order valence-electron chi connectivity index (χ4n) is 3.28. The molecule has 0 radical (unpaired) electrons. The summed E-state index contributed by atoms with van der Waals surface area (Å²) >= 11 is 1.75. The molecule has 3 heteroatoms. The normalized spacial score (nSPS) is 20.2. The monoisotopic (exact) mass is 365 g/mol. The Labute approximate surface area is 160 Å². The lowest BCUT2D eigenvalue weighted by atomic mass is 9.86. The van der Waals surface area contributed by atoms with Crippen molar-refractivity contribution in [2.75, 3.05) is 11.4 Å². The van der Waals surface area contributed by atoms with Gasteiger partial charge >= 0.3 is 0 Å². The van der Waals surface area contributed by atoms with E-state index in [1.165, 1.54) is 42.7 Å². The number of thiophene rings is 1. The van der Waals surface area contributed by atoms with Gasteiger partial charge in [0.25, 0.3) is 0 Å². The molecule has 1 fully saturated rings. The van der Waals surface area contributed by atoms with Crippen LogP contribution in [0.2, 0.25) is 0 Å². The third-order valence-electron chi connectivity index (χ3n) is 5.48. The first-order valence-electron chi connectivity index (χ1n) is 10.2. The zero-order valence-corrected chi connectivity index (χ0v) is 18.3. The zero-order chi connectivity index (χ0) is 19.0. The van der Waals surface area contributed by atoms with Gasteiger partial charge in [0, 0.05) is 30.0 Å². The average Bonchev–Trinajstić information content (AvgIpc) is 2.98. The molecule has 1 aromatic heterocycles. The molecule has 25 heavy (non-hydrogen) atoms. The molecule has 1 aromatic rings. The van der Waals surface area contributed by atoms with E-state index in [4.69, 9.17) is 0 Å². The third-order valence-corrected chi connectivity index (χ3v) is 6.60. The number of hydrogen-bond acceptors (Lipinski definition) is 3. The minimum atomic E-state index is 0.276. The maximum Gasteiger partial charge on any atom is 0.163 e. The summed E-state index contributed by atoms with van der Waals surface area (Å²) in [7, 11) is 0. The number of carbonyl (C=O) groups is 1. The van der Waals surface area contributed by atoms with Gasteiger partial charge < -0.3 is 4.90 Å². The van der Waals surface area contributed by atoms with E-state index in [-0.39, 0.29) is 5.78 Å². The van der Waals surface area contributed by atoms with Crippen molar-refractivity contribution in [3.05, 3.63) is 16.5 Å². The van der Waals surface area contributed by atoms with Crippen LogP contribution in [-0.4, -0.2) is 18.4 Å². The van der Waals surface area contributed by atoms with E-state index in [0.29, 0.717) is 12.5 Å². The van der Waals surface area contributed by atoms with Gasteiger partial charge in [0.05, 0.1) is 5.00 Å². The van der Waals surface area contributed by atoms with E-state index in [1.807, 2.05) is 6.92 Å². The molecule has 2 rings (SSSR count). The highest BCUT2D eigenvalue weighted by atomic mass is 32.1. The van der Waals surface area contributed by atoms with Gasteiger partial charge in [0.15, 0.2) is 5.78 Å². The number of ketones is 1. The smallest absolute Gasteiger partial charge is 0.163 e. The molecule has 1 heterocycles. The van der Waals surface area contributed by atoms with Gasteiger partial charge in [-0.1, -0.05) is 41.0 Å². The first-order valence-corrected chi connectivity index (χ1v) is 11.1. The van der Waals surface area contributed by atoms with Gasteiger partial charge in [-0.2, -0.15) is 0 Å². The lowest BCUT2D eigenvalue weighted by molar-refractivity contribution is 0.0988. The quantitative estimate of drug-likeness (QED) is 0.501. The minimum Gasteiger partial charge on any atom is -0.361 e. The van der Waals surface area contributed by atoms with Gasteiger partial charge in [-0.15, -0.1) is 11.3 Å². The molecule has 1 aliphatic rings. The summed E-state index contributed by atoms with van der Waals surface area (Å²) in [4.78, 5) is 14.5. The molecular weight excluding hydrogens is 326 g/mol. The minimum absolute atomic E-state index is 0.276. The number of Topliss-reactive ketones (excluding diaryl/α,β-unsaturated/α-hetero) is 1. The Bertz CT molecular complexity index is 512. The topological polar surface area (TPSA) is 20.3 Å². The Morgan fingerprint density at radius 2 is 1.76 bits per heavy atom. The van der Waals surface area contributed by atoms with Gasteiger partial charge in [-0.25, -0.2) is 0 Å². The highest BCUT2D eigenvalue weighted by molar-refractivity contribution is 7.14. The molecule has 0 aromatic carbocycles. The van der Waals surface area contributed by atoms with E-state index in [9.17, 15) is 4.79 Å². The van der Waals surface area contributed by atoms with Gasteiger partial charge in [0.1, 0.15) is 0 Å². The first-order chi connectivity index (χ1) is 11.8. The molecule has 0 atom stereocenters. The lowest BCUT2D eigenvalue weighted by Crippen LogP contribution is -2.37. The maximum atomic E-state index is 12.0. The molecule has 0 saturated heterocycles. The molecule has 1 saturated carbocycles. The Morgan fingerprint density at radius 1 is 1.20 bits per heavy atom. The van der Waals surface area contributed by atoms with Gasteiger partial charge in [0.2, 0.25) is 0 Å². The van der Waals surface area contributed by atoms with Crippen LogP contribution in [0.15, 0.2) is 5.38 Å².